The number of aromatic nitrogens is 2. The summed E-state index contributed by atoms with van der Waals surface area (Å²) < 4.78 is 16.2. The first-order chi connectivity index (χ1) is 13.7. The minimum Gasteiger partial charge on any atom is -0.463 e. The number of hydrogen-bond donors (Lipinski definition) is 0. The van der Waals surface area contributed by atoms with Gasteiger partial charge in [-0.25, -0.2) is 9.97 Å². The average molecular weight is 392 g/mol. The summed E-state index contributed by atoms with van der Waals surface area (Å²) in [5, 5.41) is 0. The van der Waals surface area contributed by atoms with E-state index in [0.29, 0.717) is 22.9 Å². The van der Waals surface area contributed by atoms with E-state index in [0.717, 1.165) is 47.3 Å². The van der Waals surface area contributed by atoms with Gasteiger partial charge in [0.25, 0.3) is 0 Å². The second-order valence-electron chi connectivity index (χ2n) is 6.51. The summed E-state index contributed by atoms with van der Waals surface area (Å²) in [6.45, 7) is 0.728. The van der Waals surface area contributed by atoms with Gasteiger partial charge in [-0.2, -0.15) is 0 Å². The van der Waals surface area contributed by atoms with Crippen LogP contribution in [0.15, 0.2) is 63.8 Å². The normalized spacial score (nSPS) is 11.2. The summed E-state index contributed by atoms with van der Waals surface area (Å²) in [6, 6.07) is 13.5. The zero-order valence-electron chi connectivity index (χ0n) is 15.6. The fraction of sp³-hybridized carbons (Fsp3) is 0.227. The molecule has 0 aliphatic rings. The highest BCUT2D eigenvalue weighted by Gasteiger charge is 2.17. The van der Waals surface area contributed by atoms with Crippen LogP contribution in [-0.2, 0) is 11.2 Å². The second-order valence-corrected chi connectivity index (χ2v) is 7.09. The van der Waals surface area contributed by atoms with Crippen LogP contribution in [0.25, 0.3) is 33.9 Å². The van der Waals surface area contributed by atoms with E-state index < -0.39 is 0 Å². The van der Waals surface area contributed by atoms with Crippen molar-refractivity contribution in [2.45, 2.75) is 19.3 Å². The number of nitrogens with zero attached hydrogens (tertiary/aromatic N) is 2. The number of furan rings is 2. The fourth-order valence-electron chi connectivity index (χ4n) is 3.11. The van der Waals surface area contributed by atoms with Crippen LogP contribution in [0.1, 0.15) is 18.4 Å². The Morgan fingerprint density at radius 1 is 0.964 bits per heavy atom. The van der Waals surface area contributed by atoms with Gasteiger partial charge in [0, 0.05) is 20.1 Å². The van der Waals surface area contributed by atoms with Crippen LogP contribution in [0.4, 0.5) is 0 Å². The number of hydrogen-bond acceptors (Lipinski definition) is 6. The molecule has 6 heteroatoms. The molecule has 0 amide bonds. The Hall–Kier alpha value is -2.83. The summed E-state index contributed by atoms with van der Waals surface area (Å²) in [5.41, 5.74) is 4.05. The Kier molecular flexibility index (Phi) is 5.60. The third-order valence-electron chi connectivity index (χ3n) is 4.44. The largest absolute Gasteiger partial charge is 0.463 e. The molecule has 0 bridgehead atoms. The maximum absolute atomic E-state index is 5.58. The number of benzene rings is 1. The first-order valence-electron chi connectivity index (χ1n) is 9.13. The second kappa shape index (κ2) is 8.46. The van der Waals surface area contributed by atoms with Gasteiger partial charge in [0.1, 0.15) is 11.4 Å². The van der Waals surface area contributed by atoms with Crippen LogP contribution in [0.5, 0.6) is 0 Å². The van der Waals surface area contributed by atoms with Gasteiger partial charge in [0.2, 0.25) is 0 Å². The molecule has 0 radical (unpaired) electrons. The van der Waals surface area contributed by atoms with E-state index in [4.69, 9.17) is 35.8 Å². The number of ether oxygens (including phenoxy) is 1. The maximum atomic E-state index is 5.58. The number of fused-ring (bicyclic) bond motifs is 1. The van der Waals surface area contributed by atoms with Crippen molar-refractivity contribution in [2.24, 2.45) is 0 Å². The monoisotopic (exact) mass is 392 g/mol. The Labute approximate surface area is 168 Å². The molecule has 1 aromatic carbocycles. The first-order valence-corrected chi connectivity index (χ1v) is 9.54. The van der Waals surface area contributed by atoms with Crippen molar-refractivity contribution in [3.63, 3.8) is 0 Å². The standard InChI is InChI=1S/C22H20N2O3S/c1-25-10-2-5-16(28)13-15-8-9-17-18(14-15)24-22(20-7-4-12-27-20)21(23-17)19-6-3-11-26-19/h3-4,6-9,11-12,14H,2,5,10,13H2,1H3. The van der Waals surface area contributed by atoms with Crippen molar-refractivity contribution in [1.82, 2.24) is 9.97 Å². The third-order valence-corrected chi connectivity index (χ3v) is 4.79. The minimum atomic E-state index is 0.654. The summed E-state index contributed by atoms with van der Waals surface area (Å²) in [7, 11) is 1.71. The van der Waals surface area contributed by atoms with Crippen LogP contribution in [0, 0.1) is 0 Å². The zero-order chi connectivity index (χ0) is 19.3. The van der Waals surface area contributed by atoms with Crippen molar-refractivity contribution in [3.8, 4) is 22.9 Å². The quantitative estimate of drug-likeness (QED) is 0.292. The minimum absolute atomic E-state index is 0.654. The Bertz CT molecular complexity index is 1070. The molecule has 0 fully saturated rings. The molecule has 142 valence electrons. The lowest BCUT2D eigenvalue weighted by Crippen LogP contribution is -2.02. The Balaban J connectivity index is 1.69. The molecule has 0 unspecified atom stereocenters. The highest BCUT2D eigenvalue weighted by Crippen LogP contribution is 2.31. The molecule has 0 N–H and O–H groups in total. The molecule has 3 aromatic heterocycles. The van der Waals surface area contributed by atoms with Gasteiger partial charge in [-0.05, 0) is 59.7 Å². The van der Waals surface area contributed by atoms with Crippen LogP contribution < -0.4 is 0 Å². The van der Waals surface area contributed by atoms with Crippen molar-refractivity contribution in [2.75, 3.05) is 13.7 Å². The molecule has 4 rings (SSSR count). The topological polar surface area (TPSA) is 61.3 Å². The van der Waals surface area contributed by atoms with E-state index >= 15 is 0 Å². The van der Waals surface area contributed by atoms with Crippen LogP contribution in [0.3, 0.4) is 0 Å². The van der Waals surface area contributed by atoms with Gasteiger partial charge in [-0.15, -0.1) is 0 Å². The smallest absolute Gasteiger partial charge is 0.154 e. The zero-order valence-corrected chi connectivity index (χ0v) is 16.4. The van der Waals surface area contributed by atoms with Gasteiger partial charge in [-0.3, -0.25) is 0 Å². The SMILES string of the molecule is COCCCC(=S)Cc1ccc2nc(-c3ccco3)c(-c3ccco3)nc2c1. The lowest BCUT2D eigenvalue weighted by Gasteiger charge is -2.09. The Morgan fingerprint density at radius 2 is 1.64 bits per heavy atom. The predicted octanol–water partition coefficient (Wildman–Crippen LogP) is 5.49. The van der Waals surface area contributed by atoms with Crippen molar-refractivity contribution < 1.29 is 13.6 Å². The molecule has 0 spiro atoms. The van der Waals surface area contributed by atoms with E-state index in [1.54, 1.807) is 19.6 Å². The fourth-order valence-corrected chi connectivity index (χ4v) is 3.42. The maximum Gasteiger partial charge on any atom is 0.154 e. The number of thiocarbonyl (C=S) groups is 1. The molecular weight excluding hydrogens is 372 g/mol. The van der Waals surface area contributed by atoms with Crippen molar-refractivity contribution in [1.29, 1.82) is 0 Å². The molecule has 0 aliphatic carbocycles. The van der Waals surface area contributed by atoms with E-state index in [1.807, 2.05) is 36.4 Å². The molecule has 4 aromatic rings. The third kappa shape index (κ3) is 4.03. The van der Waals surface area contributed by atoms with Crippen molar-refractivity contribution >= 4 is 28.1 Å². The number of methoxy groups -OCH3 is 1. The molecule has 0 atom stereocenters. The van der Waals surface area contributed by atoms with E-state index in [2.05, 4.69) is 6.07 Å². The van der Waals surface area contributed by atoms with E-state index in [9.17, 15) is 0 Å². The summed E-state index contributed by atoms with van der Waals surface area (Å²) in [6.07, 6.45) is 5.81. The molecule has 0 aliphatic heterocycles. The van der Waals surface area contributed by atoms with Gasteiger partial charge in [0.05, 0.1) is 23.6 Å². The summed E-state index contributed by atoms with van der Waals surface area (Å²) in [5.74, 6) is 1.31. The van der Waals surface area contributed by atoms with Gasteiger partial charge >= 0.3 is 0 Å². The van der Waals surface area contributed by atoms with Crippen LogP contribution in [-0.4, -0.2) is 28.5 Å². The molecule has 28 heavy (non-hydrogen) atoms. The summed E-state index contributed by atoms with van der Waals surface area (Å²) in [4.78, 5) is 10.6. The number of rotatable bonds is 8. The molecule has 5 nitrogen and oxygen atoms in total. The van der Waals surface area contributed by atoms with Gasteiger partial charge in [-0.1, -0.05) is 18.3 Å². The van der Waals surface area contributed by atoms with E-state index in [-0.39, 0.29) is 0 Å². The van der Waals surface area contributed by atoms with Crippen LogP contribution in [0.2, 0.25) is 0 Å². The highest BCUT2D eigenvalue weighted by atomic mass is 32.1. The molecular formula is C22H20N2O3S. The first kappa shape index (κ1) is 18.5. The predicted molar refractivity (Wildman–Crippen MR) is 112 cm³/mol. The summed E-state index contributed by atoms with van der Waals surface area (Å²) >= 11 is 5.52. The van der Waals surface area contributed by atoms with Crippen LogP contribution >= 0.6 is 12.2 Å². The lowest BCUT2D eigenvalue weighted by molar-refractivity contribution is 0.197. The highest BCUT2D eigenvalue weighted by molar-refractivity contribution is 7.80. The molecule has 3 heterocycles. The van der Waals surface area contributed by atoms with Gasteiger partial charge in [0.15, 0.2) is 11.5 Å². The molecule has 0 saturated heterocycles. The van der Waals surface area contributed by atoms with E-state index in [1.165, 1.54) is 0 Å². The Morgan fingerprint density at radius 3 is 2.25 bits per heavy atom. The molecule has 0 saturated carbocycles. The average Bonchev–Trinajstić information content (AvgIpc) is 3.41. The van der Waals surface area contributed by atoms with Gasteiger partial charge < -0.3 is 13.6 Å². The van der Waals surface area contributed by atoms with Crippen molar-refractivity contribution in [3.05, 3.63) is 60.6 Å². The lowest BCUT2D eigenvalue weighted by atomic mass is 10.1.